The Morgan fingerprint density at radius 1 is 1.05 bits per heavy atom. The van der Waals surface area contributed by atoms with Crippen LogP contribution in [0, 0.1) is 12.3 Å². The summed E-state index contributed by atoms with van der Waals surface area (Å²) in [4.78, 5) is 10.7. The van der Waals surface area contributed by atoms with Gasteiger partial charge in [-0.3, -0.25) is 4.98 Å². The summed E-state index contributed by atoms with van der Waals surface area (Å²) in [6, 6.07) is 12.6. The number of rotatable bonds is 7. The van der Waals surface area contributed by atoms with E-state index < -0.39 is 26.8 Å². The van der Waals surface area contributed by atoms with Gasteiger partial charge in [-0.05, 0) is 67.6 Å². The van der Waals surface area contributed by atoms with Crippen LogP contribution in [-0.2, 0) is 22.4 Å². The highest BCUT2D eigenvalue weighted by atomic mass is 32.2. The van der Waals surface area contributed by atoms with Crippen molar-refractivity contribution in [3.63, 3.8) is 0 Å². The lowest BCUT2D eigenvalue weighted by molar-refractivity contribution is -0.136. The highest BCUT2D eigenvalue weighted by Crippen LogP contribution is 2.36. The van der Waals surface area contributed by atoms with E-state index >= 15 is 0 Å². The molecule has 0 unspecified atom stereocenters. The maximum atomic E-state index is 13.5. The topological polar surface area (TPSA) is 89.2 Å². The highest BCUT2D eigenvalue weighted by molar-refractivity contribution is 7.92. The number of nitrogens with zero attached hydrogens (tertiary/aromatic N) is 4. The fourth-order valence-corrected chi connectivity index (χ4v) is 7.37. The zero-order valence-electron chi connectivity index (χ0n) is 22.6. The molecule has 4 aromatic rings. The second kappa shape index (κ2) is 10.6. The van der Waals surface area contributed by atoms with Crippen LogP contribution in [0.2, 0.25) is 0 Å². The molecule has 0 aliphatic carbocycles. The third-order valence-electron chi connectivity index (χ3n) is 7.41. The maximum Gasteiger partial charge on any atom is 0.418 e. The van der Waals surface area contributed by atoms with Crippen molar-refractivity contribution in [3.8, 4) is 11.4 Å². The average molecular weight is 573 g/mol. The van der Waals surface area contributed by atoms with Gasteiger partial charge in [0.2, 0.25) is 11.7 Å². The van der Waals surface area contributed by atoms with Gasteiger partial charge in [-0.15, -0.1) is 0 Å². The standard InChI is InChI=1S/C29H31F3N4O3S/c1-19-34-27(35-39-19)20-6-4-7-23(16-20)40(37,38)22-11-14-36(15-12-22)18-28(2,3)17-21-10-13-33-26-24(21)8-5-9-25(26)29(30,31)32/h4-10,13,16,22H,11-12,14-15,17-18H2,1-3H3. The molecule has 2 aromatic heterocycles. The number of likely N-dealkylation sites (tertiary alicyclic amines) is 1. The number of aryl methyl sites for hydroxylation is 1. The summed E-state index contributed by atoms with van der Waals surface area (Å²) in [5, 5.41) is 3.89. The van der Waals surface area contributed by atoms with E-state index in [-0.39, 0.29) is 15.8 Å². The van der Waals surface area contributed by atoms with Crippen LogP contribution >= 0.6 is 0 Å². The fourth-order valence-electron chi connectivity index (χ4n) is 5.59. The molecule has 1 aliphatic heterocycles. The SMILES string of the molecule is Cc1nc(-c2cccc(S(=O)(=O)C3CCN(CC(C)(C)Cc4ccnc5c(C(F)(F)F)cccc45)CC3)c2)no1. The molecular formula is C29H31F3N4O3S. The predicted octanol–water partition coefficient (Wildman–Crippen LogP) is 6.12. The first-order valence-electron chi connectivity index (χ1n) is 13.1. The van der Waals surface area contributed by atoms with Crippen molar-refractivity contribution < 1.29 is 26.1 Å². The third-order valence-corrected chi connectivity index (χ3v) is 9.67. The number of aromatic nitrogens is 3. The minimum absolute atomic E-state index is 0.0344. The first-order chi connectivity index (χ1) is 18.8. The molecule has 7 nitrogen and oxygen atoms in total. The predicted molar refractivity (Wildman–Crippen MR) is 145 cm³/mol. The van der Waals surface area contributed by atoms with Crippen molar-refractivity contribution in [2.75, 3.05) is 19.6 Å². The van der Waals surface area contributed by atoms with E-state index in [1.54, 1.807) is 43.3 Å². The minimum Gasteiger partial charge on any atom is -0.339 e. The van der Waals surface area contributed by atoms with E-state index in [1.807, 2.05) is 0 Å². The van der Waals surface area contributed by atoms with Crippen molar-refractivity contribution in [2.45, 2.75) is 56.4 Å². The summed E-state index contributed by atoms with van der Waals surface area (Å²) >= 11 is 0. The lowest BCUT2D eigenvalue weighted by atomic mass is 9.83. The Morgan fingerprint density at radius 2 is 1.77 bits per heavy atom. The van der Waals surface area contributed by atoms with Gasteiger partial charge >= 0.3 is 6.18 Å². The smallest absolute Gasteiger partial charge is 0.339 e. The summed E-state index contributed by atoms with van der Waals surface area (Å²) < 4.78 is 72.5. The summed E-state index contributed by atoms with van der Waals surface area (Å²) in [5.41, 5.74) is 0.378. The average Bonchev–Trinajstić information content (AvgIpc) is 3.34. The van der Waals surface area contributed by atoms with E-state index in [0.717, 1.165) is 11.6 Å². The lowest BCUT2D eigenvalue weighted by Crippen LogP contribution is -2.43. The maximum absolute atomic E-state index is 13.5. The quantitative estimate of drug-likeness (QED) is 0.264. The van der Waals surface area contributed by atoms with Crippen LogP contribution in [0.3, 0.4) is 0 Å². The number of benzene rings is 2. The van der Waals surface area contributed by atoms with Crippen LogP contribution in [-0.4, -0.2) is 53.3 Å². The molecule has 2 aromatic carbocycles. The van der Waals surface area contributed by atoms with Crippen LogP contribution in [0.1, 0.15) is 43.7 Å². The van der Waals surface area contributed by atoms with E-state index in [1.165, 1.54) is 12.3 Å². The van der Waals surface area contributed by atoms with Gasteiger partial charge in [-0.2, -0.15) is 18.2 Å². The van der Waals surface area contributed by atoms with E-state index in [0.29, 0.717) is 61.6 Å². The van der Waals surface area contributed by atoms with Crippen LogP contribution in [0.15, 0.2) is 64.1 Å². The largest absolute Gasteiger partial charge is 0.418 e. The highest BCUT2D eigenvalue weighted by Gasteiger charge is 2.35. The molecule has 1 fully saturated rings. The molecule has 0 bridgehead atoms. The van der Waals surface area contributed by atoms with Crippen LogP contribution < -0.4 is 0 Å². The summed E-state index contributed by atoms with van der Waals surface area (Å²) in [6.45, 7) is 7.77. The second-order valence-corrected chi connectivity index (χ2v) is 13.4. The normalized spacial score (nSPS) is 16.1. The molecule has 11 heteroatoms. The van der Waals surface area contributed by atoms with Gasteiger partial charge < -0.3 is 9.42 Å². The van der Waals surface area contributed by atoms with Crippen LogP contribution in [0.4, 0.5) is 13.2 Å². The molecule has 212 valence electrons. The summed E-state index contributed by atoms with van der Waals surface area (Å²) in [5.74, 6) is 0.755. The van der Waals surface area contributed by atoms with Crippen LogP contribution in [0.5, 0.6) is 0 Å². The van der Waals surface area contributed by atoms with Gasteiger partial charge in [0, 0.05) is 30.6 Å². The number of piperidine rings is 1. The molecule has 5 rings (SSSR count). The van der Waals surface area contributed by atoms with E-state index in [9.17, 15) is 21.6 Å². The third kappa shape index (κ3) is 5.90. The summed E-state index contributed by atoms with van der Waals surface area (Å²) in [7, 11) is -3.55. The molecule has 3 heterocycles. The van der Waals surface area contributed by atoms with Gasteiger partial charge in [0.15, 0.2) is 9.84 Å². The number of para-hydroxylation sites is 1. The van der Waals surface area contributed by atoms with Crippen LogP contribution in [0.25, 0.3) is 22.3 Å². The van der Waals surface area contributed by atoms with Gasteiger partial charge in [-0.1, -0.05) is 43.3 Å². The number of pyridine rings is 1. The molecule has 40 heavy (non-hydrogen) atoms. The Bertz CT molecular complexity index is 1630. The Morgan fingerprint density at radius 3 is 2.45 bits per heavy atom. The fraction of sp³-hybridized carbons (Fsp3) is 0.414. The molecule has 0 N–H and O–H groups in total. The number of hydrogen-bond acceptors (Lipinski definition) is 7. The van der Waals surface area contributed by atoms with Crippen molar-refractivity contribution >= 4 is 20.7 Å². The Labute approximate surface area is 231 Å². The molecule has 1 saturated heterocycles. The first kappa shape index (κ1) is 28.2. The van der Waals surface area contributed by atoms with E-state index in [2.05, 4.69) is 33.9 Å². The van der Waals surface area contributed by atoms with Gasteiger partial charge in [-0.25, -0.2) is 8.42 Å². The molecule has 0 atom stereocenters. The molecule has 0 radical (unpaired) electrons. The monoisotopic (exact) mass is 572 g/mol. The Hall–Kier alpha value is -3.31. The summed E-state index contributed by atoms with van der Waals surface area (Å²) in [6.07, 6.45) is -1.48. The Kier molecular flexibility index (Phi) is 7.47. The number of hydrogen-bond donors (Lipinski definition) is 0. The van der Waals surface area contributed by atoms with Crippen molar-refractivity contribution in [1.82, 2.24) is 20.0 Å². The van der Waals surface area contributed by atoms with Crippen molar-refractivity contribution in [2.24, 2.45) is 5.41 Å². The number of halogens is 3. The molecular weight excluding hydrogens is 541 g/mol. The molecule has 0 saturated carbocycles. The lowest BCUT2D eigenvalue weighted by Gasteiger charge is -2.37. The zero-order valence-corrected chi connectivity index (χ0v) is 23.4. The van der Waals surface area contributed by atoms with Crippen molar-refractivity contribution in [3.05, 3.63) is 71.7 Å². The van der Waals surface area contributed by atoms with E-state index in [4.69, 9.17) is 4.52 Å². The number of fused-ring (bicyclic) bond motifs is 1. The number of alkyl halides is 3. The molecule has 1 aliphatic rings. The molecule has 0 spiro atoms. The van der Waals surface area contributed by atoms with Gasteiger partial charge in [0.25, 0.3) is 0 Å². The van der Waals surface area contributed by atoms with Gasteiger partial charge in [0.1, 0.15) is 0 Å². The van der Waals surface area contributed by atoms with Gasteiger partial charge in [0.05, 0.1) is 21.2 Å². The zero-order chi connectivity index (χ0) is 28.7. The number of sulfone groups is 1. The first-order valence-corrected chi connectivity index (χ1v) is 14.7. The molecule has 0 amide bonds. The van der Waals surface area contributed by atoms with Crippen molar-refractivity contribution in [1.29, 1.82) is 0 Å². The second-order valence-electron chi connectivity index (χ2n) is 11.2. The minimum atomic E-state index is -4.47. The Balaban J connectivity index is 1.25.